The van der Waals surface area contributed by atoms with Gasteiger partial charge in [-0.1, -0.05) is 18.2 Å². The average molecular weight is 686 g/mol. The second-order valence-corrected chi connectivity index (χ2v) is 12.8. The number of anilines is 1. The number of carbonyl (C=O) groups excluding carboxylic acids is 2. The number of amides is 2. The fourth-order valence-electron chi connectivity index (χ4n) is 7.34. The Morgan fingerprint density at radius 3 is 2.41 bits per heavy atom. The molecule has 4 atom stereocenters. The van der Waals surface area contributed by atoms with E-state index < -0.39 is 58.6 Å². The van der Waals surface area contributed by atoms with Gasteiger partial charge in [0, 0.05) is 49.2 Å². The van der Waals surface area contributed by atoms with Crippen molar-refractivity contribution >= 4 is 17.7 Å². The number of methoxy groups -OCH3 is 1. The summed E-state index contributed by atoms with van der Waals surface area (Å²) in [6.45, 7) is 2.31. The molecule has 3 aliphatic rings. The highest BCUT2D eigenvalue weighted by Crippen LogP contribution is 2.44. The minimum absolute atomic E-state index is 0.00565. The smallest absolute Gasteiger partial charge is 0.407 e. The summed E-state index contributed by atoms with van der Waals surface area (Å²) >= 11 is 0. The van der Waals surface area contributed by atoms with Gasteiger partial charge in [0.25, 0.3) is 0 Å². The summed E-state index contributed by atoms with van der Waals surface area (Å²) in [5.74, 6) is -5.63. The molecule has 3 N–H and O–H groups in total. The Bertz CT molecular complexity index is 1630. The molecule has 2 amide bonds. The minimum atomic E-state index is -1.53. The van der Waals surface area contributed by atoms with Crippen LogP contribution in [0.4, 0.5) is 28.0 Å². The maximum atomic E-state index is 15.4. The molecule has 262 valence electrons. The summed E-state index contributed by atoms with van der Waals surface area (Å²) in [6.07, 6.45) is 2.51. The van der Waals surface area contributed by atoms with Crippen molar-refractivity contribution in [1.29, 1.82) is 0 Å². The molecule has 0 aromatic heterocycles. The second kappa shape index (κ2) is 14.8. The zero-order valence-electron chi connectivity index (χ0n) is 27.0. The van der Waals surface area contributed by atoms with Crippen LogP contribution in [0.1, 0.15) is 54.7 Å². The number of hydrogen-bond acceptors (Lipinski definition) is 7. The minimum Gasteiger partial charge on any atom is -0.453 e. The van der Waals surface area contributed by atoms with Crippen molar-refractivity contribution in [3.05, 3.63) is 101 Å². The zero-order valence-corrected chi connectivity index (χ0v) is 27.0. The van der Waals surface area contributed by atoms with Crippen molar-refractivity contribution in [1.82, 2.24) is 10.6 Å². The molecule has 3 aromatic rings. The lowest BCUT2D eigenvalue weighted by Crippen LogP contribution is -2.59. The van der Waals surface area contributed by atoms with Crippen molar-refractivity contribution in [3.63, 3.8) is 0 Å². The number of halogens is 4. The van der Waals surface area contributed by atoms with Gasteiger partial charge in [-0.05, 0) is 73.2 Å². The van der Waals surface area contributed by atoms with E-state index in [1.807, 2.05) is 0 Å². The van der Waals surface area contributed by atoms with Crippen LogP contribution in [0.25, 0.3) is 0 Å². The van der Waals surface area contributed by atoms with Crippen LogP contribution in [0, 0.1) is 23.3 Å². The van der Waals surface area contributed by atoms with E-state index in [9.17, 15) is 22.8 Å². The Morgan fingerprint density at radius 1 is 0.959 bits per heavy atom. The van der Waals surface area contributed by atoms with E-state index in [4.69, 9.17) is 18.9 Å². The van der Waals surface area contributed by atoms with Crippen LogP contribution >= 0.6 is 0 Å². The maximum Gasteiger partial charge on any atom is 0.407 e. The van der Waals surface area contributed by atoms with Crippen LogP contribution in [0.3, 0.4) is 0 Å². The summed E-state index contributed by atoms with van der Waals surface area (Å²) in [6, 6.07) is 10.4. The van der Waals surface area contributed by atoms with Crippen molar-refractivity contribution in [2.24, 2.45) is 0 Å². The molecule has 2 heterocycles. The fraction of sp³-hybridized carbons (Fsp3) is 0.444. The van der Waals surface area contributed by atoms with Gasteiger partial charge in [0.05, 0.1) is 32.0 Å². The molecule has 49 heavy (non-hydrogen) atoms. The van der Waals surface area contributed by atoms with E-state index in [2.05, 4.69) is 16.0 Å². The zero-order chi connectivity index (χ0) is 34.6. The third kappa shape index (κ3) is 8.07. The van der Waals surface area contributed by atoms with Gasteiger partial charge < -0.3 is 34.9 Å². The van der Waals surface area contributed by atoms with Crippen LogP contribution < -0.4 is 16.0 Å². The number of morpholine rings is 1. The summed E-state index contributed by atoms with van der Waals surface area (Å²) in [5.41, 5.74) is 0.155. The van der Waals surface area contributed by atoms with Crippen molar-refractivity contribution in [3.8, 4) is 0 Å². The highest BCUT2D eigenvalue weighted by atomic mass is 19.1. The van der Waals surface area contributed by atoms with E-state index >= 15 is 4.39 Å². The number of benzene rings is 3. The first kappa shape index (κ1) is 34.8. The number of nitrogens with one attached hydrogen (secondary N) is 3. The molecule has 2 saturated heterocycles. The van der Waals surface area contributed by atoms with Crippen LogP contribution in [0.5, 0.6) is 0 Å². The normalized spacial score (nSPS) is 22.8. The van der Waals surface area contributed by atoms with Gasteiger partial charge in [0.2, 0.25) is 5.91 Å². The molecular weight excluding hydrogens is 646 g/mol. The lowest BCUT2D eigenvalue weighted by molar-refractivity contribution is -0.243. The summed E-state index contributed by atoms with van der Waals surface area (Å²) < 4.78 is 81.6. The van der Waals surface area contributed by atoms with Crippen LogP contribution in [0.15, 0.2) is 60.7 Å². The number of ether oxygens (including phenoxy) is 4. The molecule has 13 heteroatoms. The molecule has 1 unspecified atom stereocenters. The van der Waals surface area contributed by atoms with Gasteiger partial charge in [0.15, 0.2) is 5.79 Å². The SMILES string of the molecule is COC(=O)N[C@H](C(=O)Nc1cccc(F)c1CC[C@@H]1CNCC2(CCCC3(C2)OCCO3)O1)[C@@H](c1ccc(F)cc1)c1cc(F)cc(F)c1. The first-order valence-corrected chi connectivity index (χ1v) is 16.4. The average Bonchev–Trinajstić information content (AvgIpc) is 3.51. The molecule has 1 saturated carbocycles. The van der Waals surface area contributed by atoms with E-state index in [1.165, 1.54) is 30.3 Å². The molecule has 0 bridgehead atoms. The van der Waals surface area contributed by atoms with E-state index in [-0.39, 0.29) is 34.9 Å². The number of rotatable bonds is 9. The van der Waals surface area contributed by atoms with Gasteiger partial charge in [-0.3, -0.25) is 4.79 Å². The third-order valence-corrected chi connectivity index (χ3v) is 9.47. The van der Waals surface area contributed by atoms with Crippen molar-refractivity contribution in [2.75, 3.05) is 38.7 Å². The number of alkyl carbamates (subject to hydrolysis) is 1. The molecule has 2 aliphatic heterocycles. The van der Waals surface area contributed by atoms with Gasteiger partial charge in [-0.25, -0.2) is 22.4 Å². The predicted octanol–water partition coefficient (Wildman–Crippen LogP) is 5.72. The lowest BCUT2D eigenvalue weighted by atomic mass is 9.79. The van der Waals surface area contributed by atoms with E-state index in [0.717, 1.165) is 50.6 Å². The molecule has 9 nitrogen and oxygen atoms in total. The van der Waals surface area contributed by atoms with Gasteiger partial charge in [-0.2, -0.15) is 0 Å². The van der Waals surface area contributed by atoms with Gasteiger partial charge in [0.1, 0.15) is 29.3 Å². The van der Waals surface area contributed by atoms with Gasteiger partial charge >= 0.3 is 6.09 Å². The molecule has 3 fully saturated rings. The lowest BCUT2D eigenvalue weighted by Gasteiger charge is -2.49. The first-order chi connectivity index (χ1) is 23.6. The van der Waals surface area contributed by atoms with Crippen LogP contribution in [-0.2, 0) is 30.2 Å². The predicted molar refractivity (Wildman–Crippen MR) is 171 cm³/mol. The molecule has 0 radical (unpaired) electrons. The molecular formula is C36H39F4N3O6. The Morgan fingerprint density at radius 2 is 1.69 bits per heavy atom. The Kier molecular flexibility index (Phi) is 10.5. The summed E-state index contributed by atoms with van der Waals surface area (Å²) in [7, 11) is 1.09. The number of hydrogen-bond donors (Lipinski definition) is 3. The third-order valence-electron chi connectivity index (χ3n) is 9.47. The quantitative estimate of drug-likeness (QED) is 0.248. The van der Waals surface area contributed by atoms with E-state index in [1.54, 1.807) is 0 Å². The topological polar surface area (TPSA) is 107 Å². The second-order valence-electron chi connectivity index (χ2n) is 12.8. The van der Waals surface area contributed by atoms with Crippen LogP contribution in [-0.4, -0.2) is 68.9 Å². The van der Waals surface area contributed by atoms with Gasteiger partial charge in [-0.15, -0.1) is 0 Å². The summed E-state index contributed by atoms with van der Waals surface area (Å²) in [5, 5.41) is 8.64. The van der Waals surface area contributed by atoms with E-state index in [0.29, 0.717) is 45.2 Å². The Labute approximate surface area is 281 Å². The molecule has 3 aromatic carbocycles. The molecule has 6 rings (SSSR count). The monoisotopic (exact) mass is 685 g/mol. The first-order valence-electron chi connectivity index (χ1n) is 16.4. The van der Waals surface area contributed by atoms with Crippen molar-refractivity contribution < 1.29 is 46.1 Å². The highest BCUT2D eigenvalue weighted by Gasteiger charge is 2.51. The standard InChI is InChI=1S/C36H39F4N3O6/c1-46-34(45)43-32(31(22-6-8-24(37)9-7-22)23-16-25(38)18-26(39)17-23)33(44)42-30-5-2-4-29(40)28(30)11-10-27-19-41-21-35(49-27)12-3-13-36(20-35)47-14-15-48-36/h2,4-9,16-18,27,31-32,41H,3,10-15,19-21H2,1H3,(H,42,44)(H,43,45)/t27-,31+,32+,35?/m1/s1. The maximum absolute atomic E-state index is 15.4. The Hall–Kier alpha value is -4.04. The molecule has 1 aliphatic carbocycles. The fourth-order valence-corrected chi connectivity index (χ4v) is 7.34. The van der Waals surface area contributed by atoms with Crippen molar-refractivity contribution in [2.45, 2.75) is 68.0 Å². The number of carbonyl (C=O) groups is 2. The van der Waals surface area contributed by atoms with Crippen LogP contribution in [0.2, 0.25) is 0 Å². The largest absolute Gasteiger partial charge is 0.453 e. The Balaban J connectivity index is 1.24. The summed E-state index contributed by atoms with van der Waals surface area (Å²) in [4.78, 5) is 26.6. The molecule has 2 spiro atoms. The highest BCUT2D eigenvalue weighted by molar-refractivity contribution is 5.98.